The first-order valence-electron chi connectivity index (χ1n) is 6.52. The first-order valence-corrected chi connectivity index (χ1v) is 6.52. The Bertz CT molecular complexity index is 480. The molecule has 19 heavy (non-hydrogen) atoms. The smallest absolute Gasteiger partial charge is 0.410 e. The Labute approximate surface area is 112 Å². The van der Waals surface area contributed by atoms with Gasteiger partial charge in [0.25, 0.3) is 0 Å². The molecule has 1 unspecified atom stereocenters. The van der Waals surface area contributed by atoms with E-state index in [-0.39, 0.29) is 18.2 Å². The molecule has 2 heterocycles. The van der Waals surface area contributed by atoms with Crippen molar-refractivity contribution in [2.24, 2.45) is 5.92 Å². The normalized spacial score (nSPS) is 29.7. The van der Waals surface area contributed by atoms with Crippen LogP contribution in [0.25, 0.3) is 0 Å². The zero-order valence-electron chi connectivity index (χ0n) is 11.5. The predicted molar refractivity (Wildman–Crippen MR) is 67.8 cm³/mol. The van der Waals surface area contributed by atoms with E-state index in [0.717, 1.165) is 12.8 Å². The van der Waals surface area contributed by atoms with E-state index in [0.29, 0.717) is 12.0 Å². The fourth-order valence-electron chi connectivity index (χ4n) is 2.92. The number of amides is 1. The van der Waals surface area contributed by atoms with Crippen molar-refractivity contribution in [1.29, 1.82) is 5.26 Å². The van der Waals surface area contributed by atoms with Gasteiger partial charge in [-0.15, -0.1) is 0 Å². The van der Waals surface area contributed by atoms with Crippen LogP contribution in [-0.4, -0.2) is 34.6 Å². The second-order valence-electron chi connectivity index (χ2n) is 6.12. The molecule has 3 atom stereocenters. The summed E-state index contributed by atoms with van der Waals surface area (Å²) in [7, 11) is 0. The summed E-state index contributed by atoms with van der Waals surface area (Å²) in [5, 5.41) is 9.22. The Kier molecular flexibility index (Phi) is 3.38. The highest BCUT2D eigenvalue weighted by Crippen LogP contribution is 2.41. The molecule has 0 aliphatic carbocycles. The summed E-state index contributed by atoms with van der Waals surface area (Å²) in [5.41, 5.74) is -0.0609. The topological polar surface area (TPSA) is 70.4 Å². The fourth-order valence-corrected chi connectivity index (χ4v) is 2.92. The van der Waals surface area contributed by atoms with Gasteiger partial charge in [-0.25, -0.2) is 9.59 Å². The molecule has 1 amide bonds. The van der Waals surface area contributed by atoms with Crippen LogP contribution >= 0.6 is 0 Å². The molecular weight excluding hydrogens is 244 g/mol. The maximum Gasteiger partial charge on any atom is 0.410 e. The summed E-state index contributed by atoms with van der Waals surface area (Å²) >= 11 is 0. The van der Waals surface area contributed by atoms with Crippen molar-refractivity contribution >= 4 is 12.0 Å². The second-order valence-corrected chi connectivity index (χ2v) is 6.12. The van der Waals surface area contributed by atoms with E-state index in [9.17, 15) is 14.9 Å². The van der Waals surface area contributed by atoms with Gasteiger partial charge >= 0.3 is 6.09 Å². The first-order chi connectivity index (χ1) is 8.87. The van der Waals surface area contributed by atoms with Crippen molar-refractivity contribution in [3.05, 3.63) is 5.57 Å². The minimum absolute atomic E-state index is 0.0269. The molecule has 102 valence electrons. The molecule has 2 saturated heterocycles. The molecule has 0 N–H and O–H groups in total. The molecule has 5 nitrogen and oxygen atoms in total. The predicted octanol–water partition coefficient (Wildman–Crippen LogP) is 2.06. The number of rotatable bonds is 0. The molecule has 0 radical (unpaired) electrons. The van der Waals surface area contributed by atoms with Crippen LogP contribution in [0, 0.1) is 17.2 Å². The van der Waals surface area contributed by atoms with Crippen molar-refractivity contribution in [2.45, 2.75) is 57.7 Å². The molecule has 2 bridgehead atoms. The number of nitrogens with zero attached hydrogens (tertiary/aromatic N) is 2. The lowest BCUT2D eigenvalue weighted by Crippen LogP contribution is -2.50. The van der Waals surface area contributed by atoms with E-state index in [1.54, 1.807) is 4.90 Å². The number of carbonyl (C=O) groups excluding carboxylic acids is 2. The second kappa shape index (κ2) is 4.71. The van der Waals surface area contributed by atoms with Crippen LogP contribution < -0.4 is 0 Å². The van der Waals surface area contributed by atoms with Crippen LogP contribution in [0.4, 0.5) is 4.79 Å². The van der Waals surface area contributed by atoms with Crippen molar-refractivity contribution in [1.82, 2.24) is 4.90 Å². The van der Waals surface area contributed by atoms with Crippen LogP contribution in [0.15, 0.2) is 5.57 Å². The Hall–Kier alpha value is -1.79. The number of carbonyl (C=O) groups is 1. The van der Waals surface area contributed by atoms with Crippen molar-refractivity contribution in [3.8, 4) is 6.07 Å². The molecule has 2 fully saturated rings. The van der Waals surface area contributed by atoms with Gasteiger partial charge in [0.1, 0.15) is 11.5 Å². The monoisotopic (exact) mass is 262 g/mol. The lowest BCUT2D eigenvalue weighted by Gasteiger charge is -2.38. The maximum absolute atomic E-state index is 12.2. The summed E-state index contributed by atoms with van der Waals surface area (Å²) in [6.07, 6.45) is 1.61. The van der Waals surface area contributed by atoms with E-state index >= 15 is 0 Å². The third-order valence-corrected chi connectivity index (χ3v) is 3.64. The van der Waals surface area contributed by atoms with Gasteiger partial charge in [-0.2, -0.15) is 5.26 Å². The third kappa shape index (κ3) is 2.50. The SMILES string of the molecule is CC(C)(C)OC(=O)N1[C@@H]2CC[C@H]1C(C#N)C(=C=O)C2. The summed E-state index contributed by atoms with van der Waals surface area (Å²) in [5.74, 6) is 1.34. The quantitative estimate of drug-likeness (QED) is 0.626. The lowest BCUT2D eigenvalue weighted by molar-refractivity contribution is 0.00835. The average Bonchev–Trinajstić information content (AvgIpc) is 2.62. The van der Waals surface area contributed by atoms with E-state index in [4.69, 9.17) is 4.74 Å². The van der Waals surface area contributed by atoms with Crippen LogP contribution in [0.5, 0.6) is 0 Å². The first kappa shape index (κ1) is 13.6. The van der Waals surface area contributed by atoms with Gasteiger partial charge < -0.3 is 9.64 Å². The molecule has 0 aromatic heterocycles. The average molecular weight is 262 g/mol. The molecule has 0 aromatic rings. The van der Waals surface area contributed by atoms with Crippen molar-refractivity contribution in [2.75, 3.05) is 0 Å². The highest BCUT2D eigenvalue weighted by atomic mass is 16.6. The van der Waals surface area contributed by atoms with Crippen molar-refractivity contribution in [3.63, 3.8) is 0 Å². The van der Waals surface area contributed by atoms with Gasteiger partial charge in [0.05, 0.1) is 18.0 Å². The third-order valence-electron chi connectivity index (χ3n) is 3.64. The molecule has 0 saturated carbocycles. The standard InChI is InChI=1S/C14H18N2O3/c1-14(2,3)19-13(18)16-10-4-5-12(16)11(7-15)9(6-10)8-17/h10-12H,4-6H2,1-3H3/t10-,11?,12+/m1/s1. The summed E-state index contributed by atoms with van der Waals surface area (Å²) < 4.78 is 5.39. The van der Waals surface area contributed by atoms with Crippen LogP contribution in [-0.2, 0) is 9.53 Å². The lowest BCUT2D eigenvalue weighted by atomic mass is 9.87. The number of ether oxygens (including phenoxy) is 1. The molecule has 0 spiro atoms. The van der Waals surface area contributed by atoms with Crippen LogP contribution in [0.1, 0.15) is 40.0 Å². The van der Waals surface area contributed by atoms with Crippen LogP contribution in [0.2, 0.25) is 0 Å². The van der Waals surface area contributed by atoms with Gasteiger partial charge in [0.2, 0.25) is 0 Å². The molecule has 2 aliphatic heterocycles. The fraction of sp³-hybridized carbons (Fsp3) is 0.714. The largest absolute Gasteiger partial charge is 0.444 e. The van der Waals surface area contributed by atoms with Gasteiger partial charge in [-0.3, -0.25) is 0 Å². The summed E-state index contributed by atoms with van der Waals surface area (Å²) in [6.45, 7) is 5.44. The summed E-state index contributed by atoms with van der Waals surface area (Å²) in [4.78, 5) is 24.8. The zero-order valence-corrected chi connectivity index (χ0v) is 11.5. The maximum atomic E-state index is 12.2. The number of hydrogen-bond donors (Lipinski definition) is 0. The number of hydrogen-bond acceptors (Lipinski definition) is 4. The van der Waals surface area contributed by atoms with Gasteiger partial charge in [-0.1, -0.05) is 0 Å². The minimum Gasteiger partial charge on any atom is -0.444 e. The number of nitriles is 1. The number of piperidine rings is 1. The van der Waals surface area contributed by atoms with Gasteiger partial charge in [-0.05, 0) is 33.6 Å². The van der Waals surface area contributed by atoms with E-state index in [1.165, 1.54) is 0 Å². The van der Waals surface area contributed by atoms with Crippen LogP contribution in [0.3, 0.4) is 0 Å². The van der Waals surface area contributed by atoms with E-state index in [2.05, 4.69) is 6.07 Å². The molecular formula is C14H18N2O3. The highest BCUT2D eigenvalue weighted by molar-refractivity contribution is 5.71. The zero-order chi connectivity index (χ0) is 14.2. The molecule has 2 rings (SSSR count). The van der Waals surface area contributed by atoms with E-state index < -0.39 is 11.5 Å². The minimum atomic E-state index is -0.556. The summed E-state index contributed by atoms with van der Waals surface area (Å²) in [6, 6.07) is 1.86. The number of fused-ring (bicyclic) bond motifs is 2. The Balaban J connectivity index is 2.23. The van der Waals surface area contributed by atoms with Gasteiger partial charge in [0.15, 0.2) is 0 Å². The molecule has 0 aromatic carbocycles. The highest BCUT2D eigenvalue weighted by Gasteiger charge is 2.49. The van der Waals surface area contributed by atoms with Crippen molar-refractivity contribution < 1.29 is 14.3 Å². The van der Waals surface area contributed by atoms with E-state index in [1.807, 2.05) is 26.7 Å². The Morgan fingerprint density at radius 1 is 1.42 bits per heavy atom. The molecule has 2 aliphatic rings. The Morgan fingerprint density at radius 2 is 2.11 bits per heavy atom. The molecule has 5 heteroatoms. The van der Waals surface area contributed by atoms with Gasteiger partial charge in [0, 0.05) is 18.0 Å². The Morgan fingerprint density at radius 3 is 2.63 bits per heavy atom.